The maximum Gasteiger partial charge on any atom is 0.227 e. The molecule has 0 atom stereocenters. The third-order valence-electron chi connectivity index (χ3n) is 4.62. The molecule has 2 aromatic rings. The van der Waals surface area contributed by atoms with Crippen LogP contribution < -0.4 is 16.0 Å². The zero-order chi connectivity index (χ0) is 18.4. The molecule has 2 aromatic carbocycles. The van der Waals surface area contributed by atoms with E-state index in [2.05, 4.69) is 16.0 Å². The highest BCUT2D eigenvalue weighted by Crippen LogP contribution is 2.26. The third kappa shape index (κ3) is 5.09. The van der Waals surface area contributed by atoms with Gasteiger partial charge >= 0.3 is 0 Å². The van der Waals surface area contributed by atoms with Crippen LogP contribution in [0.1, 0.15) is 39.0 Å². The lowest BCUT2D eigenvalue weighted by atomic mass is 9.88. The van der Waals surface area contributed by atoms with Crippen molar-refractivity contribution in [2.75, 3.05) is 16.0 Å². The number of benzene rings is 2. The molecule has 1 aliphatic carbocycles. The maximum absolute atomic E-state index is 12.3. The summed E-state index contributed by atoms with van der Waals surface area (Å²) in [6.07, 6.45) is 5.55. The number of carbonyl (C=O) groups excluding carboxylic acids is 2. The molecule has 3 N–H and O–H groups in total. The molecule has 0 unspecified atom stereocenters. The lowest BCUT2D eigenvalue weighted by molar-refractivity contribution is -0.120. The number of carbonyl (C=O) groups is 2. The van der Waals surface area contributed by atoms with E-state index in [-0.39, 0.29) is 17.7 Å². The van der Waals surface area contributed by atoms with Gasteiger partial charge in [-0.2, -0.15) is 0 Å². The van der Waals surface area contributed by atoms with E-state index in [1.807, 2.05) is 48.5 Å². The Morgan fingerprint density at radius 1 is 0.731 bits per heavy atom. The normalized spacial score (nSPS) is 14.5. The average molecular weight is 351 g/mol. The van der Waals surface area contributed by atoms with Crippen LogP contribution in [0.5, 0.6) is 0 Å². The number of rotatable bonds is 5. The highest BCUT2D eigenvalue weighted by atomic mass is 16.2. The second-order valence-electron chi connectivity index (χ2n) is 6.79. The SMILES string of the molecule is CC(=O)Nc1ccc(Nc2ccc(NC(=O)C3CCCCC3)cc2)cc1. The van der Waals surface area contributed by atoms with Crippen molar-refractivity contribution >= 4 is 34.6 Å². The first kappa shape index (κ1) is 18.0. The summed E-state index contributed by atoms with van der Waals surface area (Å²) in [5.41, 5.74) is 3.46. The van der Waals surface area contributed by atoms with Crippen LogP contribution >= 0.6 is 0 Å². The van der Waals surface area contributed by atoms with Gasteiger partial charge in [0.2, 0.25) is 11.8 Å². The molecule has 0 aliphatic heterocycles. The Hall–Kier alpha value is -2.82. The smallest absolute Gasteiger partial charge is 0.227 e. The predicted molar refractivity (Wildman–Crippen MR) is 106 cm³/mol. The topological polar surface area (TPSA) is 70.2 Å². The zero-order valence-electron chi connectivity index (χ0n) is 15.0. The van der Waals surface area contributed by atoms with Gasteiger partial charge in [-0.05, 0) is 61.4 Å². The largest absolute Gasteiger partial charge is 0.356 e. The van der Waals surface area contributed by atoms with Crippen LogP contribution in [0.25, 0.3) is 0 Å². The molecule has 0 saturated heterocycles. The minimum absolute atomic E-state index is 0.0865. The second-order valence-corrected chi connectivity index (χ2v) is 6.79. The first-order chi connectivity index (χ1) is 12.6. The lowest BCUT2D eigenvalue weighted by Gasteiger charge is -2.20. The summed E-state index contributed by atoms with van der Waals surface area (Å²) in [7, 11) is 0. The number of amides is 2. The molecular weight excluding hydrogens is 326 g/mol. The van der Waals surface area contributed by atoms with Crippen LogP contribution in [-0.2, 0) is 9.59 Å². The Labute approximate surface area is 154 Å². The summed E-state index contributed by atoms with van der Waals surface area (Å²) in [6, 6.07) is 15.2. The highest BCUT2D eigenvalue weighted by Gasteiger charge is 2.20. The number of nitrogens with one attached hydrogen (secondary N) is 3. The molecule has 0 bridgehead atoms. The molecule has 3 rings (SSSR count). The van der Waals surface area contributed by atoms with E-state index in [9.17, 15) is 9.59 Å². The monoisotopic (exact) mass is 351 g/mol. The molecule has 1 aliphatic rings. The van der Waals surface area contributed by atoms with Gasteiger partial charge in [0, 0.05) is 35.6 Å². The fraction of sp³-hybridized carbons (Fsp3) is 0.333. The third-order valence-corrected chi connectivity index (χ3v) is 4.62. The van der Waals surface area contributed by atoms with Crippen LogP contribution in [0.4, 0.5) is 22.7 Å². The zero-order valence-corrected chi connectivity index (χ0v) is 15.0. The van der Waals surface area contributed by atoms with Crippen molar-refractivity contribution in [1.82, 2.24) is 0 Å². The van der Waals surface area contributed by atoms with E-state index in [1.54, 1.807) is 0 Å². The summed E-state index contributed by atoms with van der Waals surface area (Å²) in [5, 5.41) is 9.07. The van der Waals surface area contributed by atoms with E-state index >= 15 is 0 Å². The Morgan fingerprint density at radius 3 is 1.69 bits per heavy atom. The lowest BCUT2D eigenvalue weighted by Crippen LogP contribution is -2.24. The first-order valence-electron chi connectivity index (χ1n) is 9.16. The summed E-state index contributed by atoms with van der Waals surface area (Å²) < 4.78 is 0. The number of hydrogen-bond acceptors (Lipinski definition) is 3. The molecule has 136 valence electrons. The molecular formula is C21H25N3O2. The Morgan fingerprint density at radius 2 is 1.19 bits per heavy atom. The van der Waals surface area contributed by atoms with Crippen molar-refractivity contribution < 1.29 is 9.59 Å². The summed E-state index contributed by atoms with van der Waals surface area (Å²) in [6.45, 7) is 1.49. The van der Waals surface area contributed by atoms with Gasteiger partial charge in [-0.25, -0.2) is 0 Å². The van der Waals surface area contributed by atoms with Gasteiger partial charge in [-0.1, -0.05) is 19.3 Å². The van der Waals surface area contributed by atoms with Crippen LogP contribution in [0.2, 0.25) is 0 Å². The molecule has 0 heterocycles. The number of anilines is 4. The molecule has 5 nitrogen and oxygen atoms in total. The summed E-state index contributed by atoms with van der Waals surface area (Å²) in [5.74, 6) is 0.208. The molecule has 1 fully saturated rings. The van der Waals surface area contributed by atoms with E-state index in [0.29, 0.717) is 0 Å². The van der Waals surface area contributed by atoms with Gasteiger partial charge < -0.3 is 16.0 Å². The van der Waals surface area contributed by atoms with Crippen molar-refractivity contribution in [3.8, 4) is 0 Å². The van der Waals surface area contributed by atoms with Gasteiger partial charge in [0.1, 0.15) is 0 Å². The van der Waals surface area contributed by atoms with Gasteiger partial charge in [0.05, 0.1) is 0 Å². The molecule has 0 spiro atoms. The van der Waals surface area contributed by atoms with Crippen molar-refractivity contribution in [2.24, 2.45) is 5.92 Å². The van der Waals surface area contributed by atoms with Crippen molar-refractivity contribution in [2.45, 2.75) is 39.0 Å². The van der Waals surface area contributed by atoms with E-state index < -0.39 is 0 Å². The Kier molecular flexibility index (Phi) is 5.89. The fourth-order valence-corrected chi connectivity index (χ4v) is 3.25. The highest BCUT2D eigenvalue weighted by molar-refractivity contribution is 5.92. The summed E-state index contributed by atoms with van der Waals surface area (Å²) >= 11 is 0. The minimum Gasteiger partial charge on any atom is -0.356 e. The van der Waals surface area contributed by atoms with Gasteiger partial charge in [-0.15, -0.1) is 0 Å². The molecule has 0 radical (unpaired) electrons. The van der Waals surface area contributed by atoms with Crippen molar-refractivity contribution in [3.05, 3.63) is 48.5 Å². The van der Waals surface area contributed by atoms with E-state index in [0.717, 1.165) is 48.4 Å². The second kappa shape index (κ2) is 8.52. The van der Waals surface area contributed by atoms with Gasteiger partial charge in [-0.3, -0.25) is 9.59 Å². The van der Waals surface area contributed by atoms with E-state index in [4.69, 9.17) is 0 Å². The molecule has 2 amide bonds. The number of hydrogen-bond donors (Lipinski definition) is 3. The molecule has 0 aromatic heterocycles. The maximum atomic E-state index is 12.3. The minimum atomic E-state index is -0.0865. The van der Waals surface area contributed by atoms with E-state index in [1.165, 1.54) is 13.3 Å². The van der Waals surface area contributed by atoms with Crippen molar-refractivity contribution in [1.29, 1.82) is 0 Å². The Balaban J connectivity index is 1.55. The van der Waals surface area contributed by atoms with Crippen LogP contribution in [0.3, 0.4) is 0 Å². The quantitative estimate of drug-likeness (QED) is 0.717. The molecule has 5 heteroatoms. The van der Waals surface area contributed by atoms with Crippen LogP contribution in [0, 0.1) is 5.92 Å². The van der Waals surface area contributed by atoms with Crippen LogP contribution in [0.15, 0.2) is 48.5 Å². The molecule has 26 heavy (non-hydrogen) atoms. The van der Waals surface area contributed by atoms with Crippen molar-refractivity contribution in [3.63, 3.8) is 0 Å². The first-order valence-corrected chi connectivity index (χ1v) is 9.16. The summed E-state index contributed by atoms with van der Waals surface area (Å²) in [4.78, 5) is 23.3. The van der Waals surface area contributed by atoms with Gasteiger partial charge in [0.25, 0.3) is 0 Å². The molecule has 1 saturated carbocycles. The predicted octanol–water partition coefficient (Wildman–Crippen LogP) is 4.91. The van der Waals surface area contributed by atoms with Gasteiger partial charge in [0.15, 0.2) is 0 Å². The average Bonchev–Trinajstić information content (AvgIpc) is 2.65. The van der Waals surface area contributed by atoms with Crippen LogP contribution in [-0.4, -0.2) is 11.8 Å². The standard InChI is InChI=1S/C21H25N3O2/c1-15(25)22-17-7-9-18(10-8-17)23-19-11-13-20(14-12-19)24-21(26)16-5-3-2-4-6-16/h7-14,16,23H,2-6H2,1H3,(H,22,25)(H,24,26). The Bertz CT molecular complexity index is 748. The fourth-order valence-electron chi connectivity index (χ4n) is 3.25.